The first-order valence-electron chi connectivity index (χ1n) is 6.03. The van der Waals surface area contributed by atoms with Crippen LogP contribution < -0.4 is 4.74 Å². The van der Waals surface area contributed by atoms with Crippen LogP contribution in [0.3, 0.4) is 0 Å². The van der Waals surface area contributed by atoms with Crippen molar-refractivity contribution in [2.45, 2.75) is 11.6 Å². The summed E-state index contributed by atoms with van der Waals surface area (Å²) in [4.78, 5) is 0. The van der Waals surface area contributed by atoms with Crippen molar-refractivity contribution in [2.24, 2.45) is 0 Å². The maximum Gasteiger partial charge on any atom is 0.411 e. The van der Waals surface area contributed by atoms with Gasteiger partial charge >= 0.3 is 6.18 Å². The third-order valence-electron chi connectivity index (χ3n) is 2.39. The SMILES string of the molecule is COCCOc1ccc(C(Cl)COCC(F)(F)F)cc1Br. The van der Waals surface area contributed by atoms with E-state index in [-0.39, 0.29) is 6.61 Å². The lowest BCUT2D eigenvalue weighted by atomic mass is 10.1. The molecule has 8 heteroatoms. The van der Waals surface area contributed by atoms with Crippen LogP contribution in [0.5, 0.6) is 5.75 Å². The van der Waals surface area contributed by atoms with E-state index in [1.165, 1.54) is 0 Å². The third kappa shape index (κ3) is 7.35. The molecule has 0 spiro atoms. The minimum absolute atomic E-state index is 0.225. The number of methoxy groups -OCH3 is 1. The average Bonchev–Trinajstić information content (AvgIpc) is 2.39. The van der Waals surface area contributed by atoms with E-state index in [1.807, 2.05) is 0 Å². The highest BCUT2D eigenvalue weighted by Crippen LogP contribution is 2.31. The van der Waals surface area contributed by atoms with E-state index in [9.17, 15) is 13.2 Å². The predicted octanol–water partition coefficient (Wildman–Crippen LogP) is 4.33. The Balaban J connectivity index is 2.53. The second-order valence-corrected chi connectivity index (χ2v) is 5.51. The number of rotatable bonds is 8. The highest BCUT2D eigenvalue weighted by Gasteiger charge is 2.28. The van der Waals surface area contributed by atoms with Crippen LogP contribution in [0.4, 0.5) is 13.2 Å². The number of benzene rings is 1. The fraction of sp³-hybridized carbons (Fsp3) is 0.538. The summed E-state index contributed by atoms with van der Waals surface area (Å²) in [5.74, 6) is 0.607. The molecule has 0 bridgehead atoms. The van der Waals surface area contributed by atoms with Crippen LogP contribution in [0.1, 0.15) is 10.9 Å². The van der Waals surface area contributed by atoms with Gasteiger partial charge in [-0.3, -0.25) is 0 Å². The maximum atomic E-state index is 12.0. The molecule has 1 atom stereocenters. The first kappa shape index (κ1) is 18.5. The monoisotopic (exact) mass is 390 g/mol. The normalized spacial score (nSPS) is 13.2. The zero-order chi connectivity index (χ0) is 15.9. The quantitative estimate of drug-likeness (QED) is 0.487. The fourth-order valence-electron chi connectivity index (χ4n) is 1.44. The number of halogens is 5. The molecular formula is C13H15BrClF3O3. The summed E-state index contributed by atoms with van der Waals surface area (Å²) >= 11 is 9.33. The van der Waals surface area contributed by atoms with Gasteiger partial charge in [0.1, 0.15) is 19.0 Å². The zero-order valence-electron chi connectivity index (χ0n) is 11.3. The summed E-state index contributed by atoms with van der Waals surface area (Å²) in [6, 6.07) is 5.06. The minimum atomic E-state index is -4.35. The standard InChI is InChI=1S/C13H15BrClF3O3/c1-19-4-5-21-12-3-2-9(6-10(12)14)11(15)7-20-8-13(16,17)18/h2-3,6,11H,4-5,7-8H2,1H3. The summed E-state index contributed by atoms with van der Waals surface area (Å²) in [6.45, 7) is -0.683. The van der Waals surface area contributed by atoms with Crippen LogP contribution in [-0.2, 0) is 9.47 Å². The molecule has 0 aliphatic heterocycles. The molecule has 1 rings (SSSR count). The molecule has 0 fully saturated rings. The first-order valence-corrected chi connectivity index (χ1v) is 7.26. The van der Waals surface area contributed by atoms with Gasteiger partial charge in [-0.1, -0.05) is 6.07 Å². The first-order chi connectivity index (χ1) is 9.83. The number of hydrogen-bond donors (Lipinski definition) is 0. The second kappa shape index (κ2) is 8.82. The molecule has 0 N–H and O–H groups in total. The Kier molecular flexibility index (Phi) is 7.79. The molecule has 21 heavy (non-hydrogen) atoms. The molecule has 120 valence electrons. The van der Waals surface area contributed by atoms with Gasteiger partial charge in [0.05, 0.1) is 23.1 Å². The van der Waals surface area contributed by atoms with Gasteiger partial charge in [0, 0.05) is 7.11 Å². The Bertz CT molecular complexity index is 443. The largest absolute Gasteiger partial charge is 0.490 e. The van der Waals surface area contributed by atoms with Crippen molar-refractivity contribution in [1.82, 2.24) is 0 Å². The average molecular weight is 392 g/mol. The molecule has 0 heterocycles. The summed E-state index contributed by atoms with van der Waals surface area (Å²) in [6.07, 6.45) is -4.35. The fourth-order valence-corrected chi connectivity index (χ4v) is 2.17. The highest BCUT2D eigenvalue weighted by atomic mass is 79.9. The molecule has 0 aliphatic rings. The molecule has 0 amide bonds. The van der Waals surface area contributed by atoms with E-state index in [0.29, 0.717) is 29.0 Å². The van der Waals surface area contributed by atoms with Crippen LogP contribution in [0.2, 0.25) is 0 Å². The molecule has 0 saturated heterocycles. The lowest BCUT2D eigenvalue weighted by molar-refractivity contribution is -0.173. The van der Waals surface area contributed by atoms with Gasteiger partial charge in [0.25, 0.3) is 0 Å². The lowest BCUT2D eigenvalue weighted by Crippen LogP contribution is -2.18. The highest BCUT2D eigenvalue weighted by molar-refractivity contribution is 9.10. The van der Waals surface area contributed by atoms with Gasteiger partial charge in [0.15, 0.2) is 0 Å². The summed E-state index contributed by atoms with van der Waals surface area (Å²) < 4.78 is 51.4. The van der Waals surface area contributed by atoms with Crippen LogP contribution in [-0.4, -0.2) is 39.7 Å². The molecule has 0 radical (unpaired) electrons. The molecule has 0 aromatic heterocycles. The molecule has 0 saturated carbocycles. The van der Waals surface area contributed by atoms with E-state index in [1.54, 1.807) is 25.3 Å². The van der Waals surface area contributed by atoms with E-state index in [2.05, 4.69) is 20.7 Å². The van der Waals surface area contributed by atoms with Gasteiger partial charge in [-0.2, -0.15) is 13.2 Å². The van der Waals surface area contributed by atoms with Gasteiger partial charge in [-0.15, -0.1) is 11.6 Å². The Morgan fingerprint density at radius 1 is 1.29 bits per heavy atom. The molecule has 1 unspecified atom stereocenters. The van der Waals surface area contributed by atoms with Gasteiger partial charge in [-0.05, 0) is 33.6 Å². The van der Waals surface area contributed by atoms with Crippen molar-refractivity contribution in [3.63, 3.8) is 0 Å². The van der Waals surface area contributed by atoms with E-state index >= 15 is 0 Å². The number of ether oxygens (including phenoxy) is 3. The maximum absolute atomic E-state index is 12.0. The zero-order valence-corrected chi connectivity index (χ0v) is 13.6. The Morgan fingerprint density at radius 3 is 2.57 bits per heavy atom. The van der Waals surface area contributed by atoms with Crippen molar-refractivity contribution < 1.29 is 27.4 Å². The van der Waals surface area contributed by atoms with Crippen molar-refractivity contribution in [3.8, 4) is 5.75 Å². The summed E-state index contributed by atoms with van der Waals surface area (Å²) in [7, 11) is 1.57. The second-order valence-electron chi connectivity index (χ2n) is 4.13. The molecule has 1 aromatic carbocycles. The van der Waals surface area contributed by atoms with E-state index in [4.69, 9.17) is 21.1 Å². The van der Waals surface area contributed by atoms with Gasteiger partial charge < -0.3 is 14.2 Å². The van der Waals surface area contributed by atoms with Crippen LogP contribution >= 0.6 is 27.5 Å². The summed E-state index contributed by atoms with van der Waals surface area (Å²) in [5, 5.41) is -0.670. The van der Waals surface area contributed by atoms with Gasteiger partial charge in [-0.25, -0.2) is 0 Å². The molecule has 0 aliphatic carbocycles. The van der Waals surface area contributed by atoms with Gasteiger partial charge in [0.2, 0.25) is 0 Å². The topological polar surface area (TPSA) is 27.7 Å². The van der Waals surface area contributed by atoms with Crippen molar-refractivity contribution >= 4 is 27.5 Å². The van der Waals surface area contributed by atoms with E-state index < -0.39 is 18.2 Å². The van der Waals surface area contributed by atoms with Crippen LogP contribution in [0.15, 0.2) is 22.7 Å². The Hall–Kier alpha value is -0.500. The Labute approximate surface area is 134 Å². The van der Waals surface area contributed by atoms with Crippen molar-refractivity contribution in [2.75, 3.05) is 33.5 Å². The predicted molar refractivity (Wildman–Crippen MR) is 77.0 cm³/mol. The minimum Gasteiger partial charge on any atom is -0.490 e. The smallest absolute Gasteiger partial charge is 0.411 e. The van der Waals surface area contributed by atoms with Crippen molar-refractivity contribution in [3.05, 3.63) is 28.2 Å². The third-order valence-corrected chi connectivity index (χ3v) is 3.39. The number of alkyl halides is 4. The van der Waals surface area contributed by atoms with Crippen LogP contribution in [0, 0.1) is 0 Å². The lowest BCUT2D eigenvalue weighted by Gasteiger charge is -2.14. The Morgan fingerprint density at radius 2 is 2.00 bits per heavy atom. The molecular weight excluding hydrogens is 376 g/mol. The van der Waals surface area contributed by atoms with E-state index in [0.717, 1.165) is 0 Å². The van der Waals surface area contributed by atoms with Crippen molar-refractivity contribution in [1.29, 1.82) is 0 Å². The molecule has 1 aromatic rings. The summed E-state index contributed by atoms with van der Waals surface area (Å²) in [5.41, 5.74) is 0.643. The number of hydrogen-bond acceptors (Lipinski definition) is 3. The molecule has 3 nitrogen and oxygen atoms in total. The van der Waals surface area contributed by atoms with Crippen LogP contribution in [0.25, 0.3) is 0 Å².